The fourth-order valence-corrected chi connectivity index (χ4v) is 4.98. The van der Waals surface area contributed by atoms with Gasteiger partial charge in [0, 0.05) is 25.0 Å². The molecule has 0 radical (unpaired) electrons. The first kappa shape index (κ1) is 30.5. The first-order valence-corrected chi connectivity index (χ1v) is 13.2. The summed E-state index contributed by atoms with van der Waals surface area (Å²) >= 11 is 0. The molecule has 1 unspecified atom stereocenters. The number of halogens is 2. The zero-order chi connectivity index (χ0) is 28.8. The predicted molar refractivity (Wildman–Crippen MR) is 142 cm³/mol. The number of hydrogen-bond donors (Lipinski definition) is 3. The van der Waals surface area contributed by atoms with Crippen molar-refractivity contribution in [2.24, 2.45) is 0 Å². The predicted octanol–water partition coefficient (Wildman–Crippen LogP) is 2.60. The molecule has 0 saturated carbocycles. The first-order chi connectivity index (χ1) is 18.3. The number of hydrogen-bond acceptors (Lipinski definition) is 7. The quantitative estimate of drug-likeness (QED) is 0.247. The Morgan fingerprint density at radius 3 is 2.56 bits per heavy atom. The van der Waals surface area contributed by atoms with Crippen LogP contribution in [0, 0.1) is 18.3 Å². The van der Waals surface area contributed by atoms with Crippen LogP contribution in [0.25, 0.3) is 0 Å². The van der Waals surface area contributed by atoms with Gasteiger partial charge < -0.3 is 25.0 Å². The minimum atomic E-state index is -2.80. The van der Waals surface area contributed by atoms with Crippen LogP contribution in [0.1, 0.15) is 50.7 Å². The highest BCUT2D eigenvalue weighted by Gasteiger charge is 2.43. The SMILES string of the molecule is Cc1ccc(C[C@H](NC(=O)OCC2CCCCN2C(=O)C(C#N)=CC(C)(C)N2CCC(F)(F)C2)B(O)O)cc1. The molecule has 2 amide bonds. The van der Waals surface area contributed by atoms with Gasteiger partial charge in [-0.2, -0.15) is 5.26 Å². The van der Waals surface area contributed by atoms with Crippen LogP contribution in [0.2, 0.25) is 0 Å². The van der Waals surface area contributed by atoms with Crippen molar-refractivity contribution < 1.29 is 33.2 Å². The molecule has 3 rings (SSSR count). The number of aryl methyl sites for hydroxylation is 1. The molecule has 9 nitrogen and oxygen atoms in total. The number of ether oxygens (including phenoxy) is 1. The van der Waals surface area contributed by atoms with E-state index < -0.39 is 49.1 Å². The van der Waals surface area contributed by atoms with Crippen molar-refractivity contribution in [2.75, 3.05) is 26.2 Å². The molecule has 2 atom stereocenters. The maximum absolute atomic E-state index is 13.8. The highest BCUT2D eigenvalue weighted by atomic mass is 19.3. The molecule has 12 heteroatoms. The van der Waals surface area contributed by atoms with Gasteiger partial charge in [0.25, 0.3) is 11.8 Å². The van der Waals surface area contributed by atoms with Crippen LogP contribution in [-0.4, -0.2) is 88.7 Å². The van der Waals surface area contributed by atoms with E-state index in [4.69, 9.17) is 4.74 Å². The Labute approximate surface area is 228 Å². The molecule has 0 aliphatic carbocycles. The lowest BCUT2D eigenvalue weighted by molar-refractivity contribution is -0.131. The molecule has 1 aromatic carbocycles. The number of amides is 2. The number of nitrogens with one attached hydrogen (secondary N) is 1. The number of benzene rings is 1. The van der Waals surface area contributed by atoms with E-state index in [1.165, 1.54) is 11.0 Å². The molecule has 39 heavy (non-hydrogen) atoms. The molecule has 1 aromatic rings. The molecule has 0 aromatic heterocycles. The third kappa shape index (κ3) is 8.49. The zero-order valence-corrected chi connectivity index (χ0v) is 22.7. The van der Waals surface area contributed by atoms with Gasteiger partial charge in [-0.25, -0.2) is 13.6 Å². The van der Waals surface area contributed by atoms with E-state index in [1.54, 1.807) is 18.7 Å². The van der Waals surface area contributed by atoms with Crippen LogP contribution < -0.4 is 5.32 Å². The lowest BCUT2D eigenvalue weighted by Crippen LogP contribution is -2.50. The number of rotatable bonds is 9. The van der Waals surface area contributed by atoms with Crippen LogP contribution in [-0.2, 0) is 16.0 Å². The number of nitriles is 1. The third-order valence-corrected chi connectivity index (χ3v) is 7.37. The molecule has 212 valence electrons. The van der Waals surface area contributed by atoms with E-state index in [0.29, 0.717) is 19.4 Å². The summed E-state index contributed by atoms with van der Waals surface area (Å²) in [7, 11) is -1.81. The van der Waals surface area contributed by atoms with E-state index in [2.05, 4.69) is 5.32 Å². The maximum atomic E-state index is 13.8. The molecular formula is C27H37BF2N4O5. The van der Waals surface area contributed by atoms with E-state index in [1.807, 2.05) is 37.3 Å². The van der Waals surface area contributed by atoms with E-state index >= 15 is 0 Å². The van der Waals surface area contributed by atoms with Crippen molar-refractivity contribution in [1.29, 1.82) is 5.26 Å². The molecule has 2 aliphatic rings. The van der Waals surface area contributed by atoms with E-state index in [9.17, 15) is 33.7 Å². The van der Waals surface area contributed by atoms with Gasteiger partial charge in [-0.1, -0.05) is 29.8 Å². The van der Waals surface area contributed by atoms with Gasteiger partial charge >= 0.3 is 13.2 Å². The Kier molecular flexibility index (Phi) is 10.1. The summed E-state index contributed by atoms with van der Waals surface area (Å²) < 4.78 is 32.9. The molecule has 3 N–H and O–H groups in total. The minimum Gasteiger partial charge on any atom is -0.447 e. The van der Waals surface area contributed by atoms with Crippen LogP contribution in [0.3, 0.4) is 0 Å². The normalized spacial score (nSPS) is 20.7. The van der Waals surface area contributed by atoms with Gasteiger partial charge in [0.2, 0.25) is 0 Å². The number of nitrogens with zero attached hydrogens (tertiary/aromatic N) is 3. The molecular weight excluding hydrogens is 509 g/mol. The minimum absolute atomic E-state index is 0.142. The molecule has 0 spiro atoms. The second kappa shape index (κ2) is 12.9. The van der Waals surface area contributed by atoms with Gasteiger partial charge in [-0.15, -0.1) is 0 Å². The zero-order valence-electron chi connectivity index (χ0n) is 22.7. The Balaban J connectivity index is 1.62. The monoisotopic (exact) mass is 546 g/mol. The molecule has 2 aliphatic heterocycles. The first-order valence-electron chi connectivity index (χ1n) is 13.2. The Hall–Kier alpha value is -3.01. The molecule has 2 fully saturated rings. The summed E-state index contributed by atoms with van der Waals surface area (Å²) in [5, 5.41) is 31.7. The fourth-order valence-electron chi connectivity index (χ4n) is 4.98. The van der Waals surface area contributed by atoms with Crippen LogP contribution in [0.15, 0.2) is 35.9 Å². The third-order valence-electron chi connectivity index (χ3n) is 7.37. The van der Waals surface area contributed by atoms with Gasteiger partial charge in [0.1, 0.15) is 18.2 Å². The number of piperidine rings is 1. The average molecular weight is 546 g/mol. The lowest BCUT2D eigenvalue weighted by Gasteiger charge is -2.36. The maximum Gasteiger partial charge on any atom is 0.475 e. The standard InChI is InChI=1S/C27H37BF2N4O5/c1-19-7-9-20(10-8-19)14-23(28(37)38)32-25(36)39-17-22-6-4-5-12-34(22)24(35)21(16-31)15-26(2,3)33-13-11-27(29,30)18-33/h7-10,15,22-23,37-38H,4-6,11-14,17-18H2,1-3H3,(H,32,36)/t22?,23-/m0/s1. The van der Waals surface area contributed by atoms with Crippen molar-refractivity contribution >= 4 is 19.1 Å². The highest BCUT2D eigenvalue weighted by molar-refractivity contribution is 6.43. The van der Waals surface area contributed by atoms with Crippen LogP contribution in [0.5, 0.6) is 0 Å². The van der Waals surface area contributed by atoms with E-state index in [0.717, 1.165) is 17.5 Å². The average Bonchev–Trinajstić information content (AvgIpc) is 3.27. The Morgan fingerprint density at radius 2 is 1.97 bits per heavy atom. The summed E-state index contributed by atoms with van der Waals surface area (Å²) in [4.78, 5) is 28.9. The van der Waals surface area contributed by atoms with Gasteiger partial charge in [-0.05, 0) is 58.1 Å². The van der Waals surface area contributed by atoms with Gasteiger partial charge in [-0.3, -0.25) is 9.69 Å². The van der Waals surface area contributed by atoms with Crippen molar-refractivity contribution in [3.8, 4) is 6.07 Å². The smallest absolute Gasteiger partial charge is 0.447 e. The number of alkyl halides is 2. The van der Waals surface area contributed by atoms with Crippen molar-refractivity contribution in [3.63, 3.8) is 0 Å². The number of carbonyl (C=O) groups excluding carboxylic acids is 2. The molecule has 2 heterocycles. The Bertz CT molecular complexity index is 1090. The topological polar surface area (TPSA) is 126 Å². The summed E-state index contributed by atoms with van der Waals surface area (Å²) in [6.45, 7) is 5.27. The van der Waals surface area contributed by atoms with Crippen molar-refractivity contribution in [3.05, 3.63) is 47.0 Å². The second-order valence-electron chi connectivity index (χ2n) is 11.0. The highest BCUT2D eigenvalue weighted by Crippen LogP contribution is 2.33. The van der Waals surface area contributed by atoms with Crippen molar-refractivity contribution in [2.45, 2.75) is 76.3 Å². The van der Waals surface area contributed by atoms with E-state index in [-0.39, 0.29) is 31.6 Å². The lowest BCUT2D eigenvalue weighted by atomic mass is 9.76. The fraction of sp³-hybridized carbons (Fsp3) is 0.593. The van der Waals surface area contributed by atoms with Crippen LogP contribution in [0.4, 0.5) is 13.6 Å². The number of carbonyl (C=O) groups is 2. The Morgan fingerprint density at radius 1 is 1.28 bits per heavy atom. The second-order valence-corrected chi connectivity index (χ2v) is 11.0. The summed E-state index contributed by atoms with van der Waals surface area (Å²) in [5.41, 5.74) is 0.779. The molecule has 0 bridgehead atoms. The van der Waals surface area contributed by atoms with Gasteiger partial charge in [0.05, 0.1) is 18.5 Å². The van der Waals surface area contributed by atoms with Gasteiger partial charge in [0.15, 0.2) is 0 Å². The summed E-state index contributed by atoms with van der Waals surface area (Å²) in [5.74, 6) is -4.34. The molecule has 2 saturated heterocycles. The number of alkyl carbamates (subject to hydrolysis) is 1. The van der Waals surface area contributed by atoms with Crippen LogP contribution >= 0.6 is 0 Å². The summed E-state index contributed by atoms with van der Waals surface area (Å²) in [6.07, 6.45) is 2.55. The number of likely N-dealkylation sites (tertiary alicyclic amines) is 2. The largest absolute Gasteiger partial charge is 0.475 e. The summed E-state index contributed by atoms with van der Waals surface area (Å²) in [6, 6.07) is 8.88. The van der Waals surface area contributed by atoms with Crippen molar-refractivity contribution in [1.82, 2.24) is 15.1 Å².